The van der Waals surface area contributed by atoms with Crippen LogP contribution in [0.4, 0.5) is 0 Å². The number of piperazine rings is 1. The molecule has 1 aromatic carbocycles. The Bertz CT molecular complexity index is 1220. The second-order valence-corrected chi connectivity index (χ2v) is 11.6. The molecule has 3 aromatic rings. The monoisotopic (exact) mass is 489 g/mol. The molecule has 1 amide bonds. The molecular formula is C21H23N5O3S3. The number of nitrogens with one attached hydrogen (secondary N) is 1. The Labute approximate surface area is 195 Å². The summed E-state index contributed by atoms with van der Waals surface area (Å²) in [6.45, 7) is 1.38. The highest BCUT2D eigenvalue weighted by molar-refractivity contribution is 7.99. The number of sulfonamides is 1. The van der Waals surface area contributed by atoms with E-state index in [9.17, 15) is 13.2 Å². The van der Waals surface area contributed by atoms with E-state index in [1.165, 1.54) is 21.6 Å². The highest BCUT2D eigenvalue weighted by atomic mass is 32.2. The van der Waals surface area contributed by atoms with Gasteiger partial charge in [0, 0.05) is 26.2 Å². The third kappa shape index (κ3) is 4.34. The molecule has 0 atom stereocenters. The molecular weight excluding hydrogens is 466 g/mol. The van der Waals surface area contributed by atoms with Crippen molar-refractivity contribution in [1.82, 2.24) is 24.4 Å². The van der Waals surface area contributed by atoms with E-state index in [1.807, 2.05) is 29.6 Å². The number of nitrogens with zero attached hydrogens (tertiary/aromatic N) is 4. The van der Waals surface area contributed by atoms with Gasteiger partial charge in [-0.3, -0.25) is 9.89 Å². The summed E-state index contributed by atoms with van der Waals surface area (Å²) in [7, 11) is -3.54. The van der Waals surface area contributed by atoms with Crippen LogP contribution >= 0.6 is 23.1 Å². The lowest BCUT2D eigenvalue weighted by Crippen LogP contribution is -2.51. The molecule has 1 aliphatic heterocycles. The molecule has 8 nitrogen and oxygen atoms in total. The van der Waals surface area contributed by atoms with Crippen LogP contribution in [0.3, 0.4) is 0 Å². The van der Waals surface area contributed by atoms with Gasteiger partial charge in [0.2, 0.25) is 21.1 Å². The van der Waals surface area contributed by atoms with Gasteiger partial charge >= 0.3 is 0 Å². The molecule has 0 bridgehead atoms. The Kier molecular flexibility index (Phi) is 6.06. The molecule has 11 heteroatoms. The van der Waals surface area contributed by atoms with Gasteiger partial charge in [-0.25, -0.2) is 13.4 Å². The van der Waals surface area contributed by atoms with Gasteiger partial charge in [-0.15, -0.1) is 16.4 Å². The molecule has 2 aromatic heterocycles. The Morgan fingerprint density at radius 1 is 1.12 bits per heavy atom. The highest BCUT2D eigenvalue weighted by Crippen LogP contribution is 2.27. The van der Waals surface area contributed by atoms with Gasteiger partial charge in [0.15, 0.2) is 5.82 Å². The zero-order valence-corrected chi connectivity index (χ0v) is 19.8. The number of hydrogen-bond acceptors (Lipinski definition) is 7. The van der Waals surface area contributed by atoms with E-state index < -0.39 is 10.0 Å². The van der Waals surface area contributed by atoms with E-state index in [2.05, 4.69) is 15.2 Å². The number of benzene rings is 1. The van der Waals surface area contributed by atoms with E-state index >= 15 is 0 Å². The molecule has 0 radical (unpaired) electrons. The van der Waals surface area contributed by atoms with Crippen LogP contribution in [0.2, 0.25) is 0 Å². The van der Waals surface area contributed by atoms with Gasteiger partial charge < -0.3 is 4.90 Å². The highest BCUT2D eigenvalue weighted by Gasteiger charge is 2.31. The number of hydrogen-bond donors (Lipinski definition) is 1. The molecule has 1 N–H and O–H groups in total. The van der Waals surface area contributed by atoms with Crippen molar-refractivity contribution in [3.8, 4) is 10.7 Å². The molecule has 168 valence electrons. The molecule has 32 heavy (non-hydrogen) atoms. The molecule has 0 spiro atoms. The van der Waals surface area contributed by atoms with E-state index in [-0.39, 0.29) is 11.7 Å². The first kappa shape index (κ1) is 21.6. The Morgan fingerprint density at radius 2 is 1.94 bits per heavy atom. The van der Waals surface area contributed by atoms with Crippen LogP contribution in [0.15, 0.2) is 45.8 Å². The van der Waals surface area contributed by atoms with E-state index in [0.717, 1.165) is 29.7 Å². The van der Waals surface area contributed by atoms with Crippen molar-refractivity contribution in [2.24, 2.45) is 0 Å². The second-order valence-electron chi connectivity index (χ2n) is 7.80. The number of carbonyl (C=O) groups excluding carboxylic acids is 1. The van der Waals surface area contributed by atoms with Gasteiger partial charge in [-0.1, -0.05) is 23.9 Å². The number of fused-ring (bicyclic) bond motifs is 1. The standard InChI is InChI=1S/C21H23N5O3S3/c27-19(14-31-21-22-20(23-24-21)18-5-2-12-30-18)25-8-10-26(11-9-25)32(28,29)17-7-6-15-3-1-4-16(15)13-17/h2,5-7,12-13H,1,3-4,8-11,14H2,(H,22,23,24). The maximum Gasteiger partial charge on any atom is 0.243 e. The van der Waals surface area contributed by atoms with Crippen LogP contribution in [0.1, 0.15) is 17.5 Å². The minimum absolute atomic E-state index is 0.0351. The van der Waals surface area contributed by atoms with Crippen LogP contribution in [-0.2, 0) is 27.7 Å². The van der Waals surface area contributed by atoms with Gasteiger partial charge in [-0.05, 0) is 54.0 Å². The fraction of sp³-hybridized carbons (Fsp3) is 0.381. The first-order chi connectivity index (χ1) is 15.5. The third-order valence-corrected chi connectivity index (χ3v) is 9.45. The molecule has 3 heterocycles. The normalized spacial score (nSPS) is 16.9. The fourth-order valence-electron chi connectivity index (χ4n) is 4.09. The van der Waals surface area contributed by atoms with Crippen molar-refractivity contribution >= 4 is 39.0 Å². The summed E-state index contributed by atoms with van der Waals surface area (Å²) >= 11 is 2.85. The number of carbonyl (C=O) groups is 1. The topological polar surface area (TPSA) is 99.3 Å². The summed E-state index contributed by atoms with van der Waals surface area (Å²) in [6, 6.07) is 9.39. The SMILES string of the molecule is O=C(CSc1n[nH]c(-c2cccs2)n1)N1CCN(S(=O)(=O)c2ccc3c(c2)CCC3)CC1. The van der Waals surface area contributed by atoms with E-state index in [4.69, 9.17) is 0 Å². The van der Waals surface area contributed by atoms with Gasteiger partial charge in [0.05, 0.1) is 15.5 Å². The van der Waals surface area contributed by atoms with Crippen molar-refractivity contribution in [2.75, 3.05) is 31.9 Å². The first-order valence-corrected chi connectivity index (χ1v) is 13.8. The molecule has 5 rings (SSSR count). The van der Waals surface area contributed by atoms with Crippen LogP contribution in [0, 0.1) is 0 Å². The van der Waals surface area contributed by atoms with Gasteiger partial charge in [0.1, 0.15) is 0 Å². The van der Waals surface area contributed by atoms with Crippen molar-refractivity contribution in [3.63, 3.8) is 0 Å². The van der Waals surface area contributed by atoms with Gasteiger partial charge in [-0.2, -0.15) is 4.31 Å². The largest absolute Gasteiger partial charge is 0.339 e. The van der Waals surface area contributed by atoms with Crippen LogP contribution in [0.5, 0.6) is 0 Å². The number of rotatable bonds is 6. The number of H-pyrrole nitrogens is 1. The summed E-state index contributed by atoms with van der Waals surface area (Å²) in [4.78, 5) is 20.1. The summed E-state index contributed by atoms with van der Waals surface area (Å²) in [5, 5.41) is 9.56. The quantitative estimate of drug-likeness (QED) is 0.535. The van der Waals surface area contributed by atoms with Crippen LogP contribution in [-0.4, -0.2) is 70.6 Å². The molecule has 2 aliphatic rings. The molecule has 1 aliphatic carbocycles. The van der Waals surface area contributed by atoms with E-state index in [0.29, 0.717) is 42.1 Å². The number of aromatic amines is 1. The van der Waals surface area contributed by atoms with Crippen LogP contribution in [0.25, 0.3) is 10.7 Å². The molecule has 0 saturated carbocycles. The van der Waals surface area contributed by atoms with Crippen molar-refractivity contribution < 1.29 is 13.2 Å². The van der Waals surface area contributed by atoms with Crippen molar-refractivity contribution in [2.45, 2.75) is 29.3 Å². The molecule has 1 saturated heterocycles. The average molecular weight is 490 g/mol. The van der Waals surface area contributed by atoms with E-state index in [1.54, 1.807) is 22.3 Å². The van der Waals surface area contributed by atoms with Crippen molar-refractivity contribution in [1.29, 1.82) is 0 Å². The Balaban J connectivity index is 1.15. The van der Waals surface area contributed by atoms with Crippen LogP contribution < -0.4 is 0 Å². The molecule has 1 fully saturated rings. The zero-order chi connectivity index (χ0) is 22.1. The van der Waals surface area contributed by atoms with Crippen molar-refractivity contribution in [3.05, 3.63) is 46.8 Å². The number of thioether (sulfide) groups is 1. The minimum atomic E-state index is -3.54. The fourth-order valence-corrected chi connectivity index (χ4v) is 6.93. The number of amides is 1. The lowest BCUT2D eigenvalue weighted by atomic mass is 10.1. The predicted octanol–water partition coefficient (Wildman–Crippen LogP) is 2.65. The number of aromatic nitrogens is 3. The maximum absolute atomic E-state index is 13.1. The lowest BCUT2D eigenvalue weighted by molar-refractivity contribution is -0.129. The maximum atomic E-state index is 13.1. The predicted molar refractivity (Wildman–Crippen MR) is 124 cm³/mol. The number of aryl methyl sites for hydroxylation is 2. The second kappa shape index (κ2) is 8.97. The Morgan fingerprint density at radius 3 is 2.72 bits per heavy atom. The summed E-state index contributed by atoms with van der Waals surface area (Å²) < 4.78 is 27.6. The zero-order valence-electron chi connectivity index (χ0n) is 17.4. The summed E-state index contributed by atoms with van der Waals surface area (Å²) in [5.41, 5.74) is 2.40. The minimum Gasteiger partial charge on any atom is -0.339 e. The lowest BCUT2D eigenvalue weighted by Gasteiger charge is -2.34. The first-order valence-electron chi connectivity index (χ1n) is 10.5. The molecule has 0 unspecified atom stereocenters. The third-order valence-electron chi connectivity index (χ3n) is 5.84. The average Bonchev–Trinajstić information content (AvgIpc) is 3.58. The number of thiophene rings is 1. The van der Waals surface area contributed by atoms with Gasteiger partial charge in [0.25, 0.3) is 0 Å². The smallest absolute Gasteiger partial charge is 0.243 e. The summed E-state index contributed by atoms with van der Waals surface area (Å²) in [5.74, 6) is 0.881. The Hall–Kier alpha value is -2.21. The summed E-state index contributed by atoms with van der Waals surface area (Å²) in [6.07, 6.45) is 3.05.